The van der Waals surface area contributed by atoms with Gasteiger partial charge in [0.05, 0.1) is 0 Å². The molecule has 0 N–H and O–H groups in total. The van der Waals surface area contributed by atoms with Gasteiger partial charge in [0.2, 0.25) is 0 Å². The zero-order chi connectivity index (χ0) is 12.3. The maximum Gasteiger partial charge on any atom is -0.0126 e. The lowest BCUT2D eigenvalue weighted by molar-refractivity contribution is 0.310. The molecule has 0 saturated carbocycles. The molecule has 0 aliphatic heterocycles. The molecule has 0 bridgehead atoms. The van der Waals surface area contributed by atoms with Gasteiger partial charge >= 0.3 is 0 Å². The monoisotopic (exact) mass is 224 g/mol. The van der Waals surface area contributed by atoms with Crippen LogP contribution in [0.5, 0.6) is 0 Å². The molecule has 16 heavy (non-hydrogen) atoms. The van der Waals surface area contributed by atoms with Gasteiger partial charge in [-0.1, -0.05) is 71.8 Å². The van der Waals surface area contributed by atoms with Crippen LogP contribution in [0, 0.1) is 5.41 Å². The highest BCUT2D eigenvalue weighted by Crippen LogP contribution is 2.33. The SMILES string of the molecule is C=CC(CC)(CC)CCCCCCCCC. The van der Waals surface area contributed by atoms with Crippen LogP contribution in [-0.2, 0) is 0 Å². The van der Waals surface area contributed by atoms with Crippen molar-refractivity contribution in [3.63, 3.8) is 0 Å². The molecule has 0 aromatic heterocycles. The summed E-state index contributed by atoms with van der Waals surface area (Å²) in [6.07, 6.45) is 15.9. The fourth-order valence-corrected chi connectivity index (χ4v) is 2.43. The Balaban J connectivity index is 3.52. The molecule has 0 unspecified atom stereocenters. The minimum absolute atomic E-state index is 0.434. The van der Waals surface area contributed by atoms with Gasteiger partial charge < -0.3 is 0 Å². The van der Waals surface area contributed by atoms with Crippen molar-refractivity contribution < 1.29 is 0 Å². The van der Waals surface area contributed by atoms with Gasteiger partial charge in [0, 0.05) is 0 Å². The highest BCUT2D eigenvalue weighted by molar-refractivity contribution is 4.92. The number of allylic oxidation sites excluding steroid dienone is 1. The molecule has 96 valence electrons. The van der Waals surface area contributed by atoms with Crippen LogP contribution < -0.4 is 0 Å². The Morgan fingerprint density at radius 1 is 0.812 bits per heavy atom. The summed E-state index contributed by atoms with van der Waals surface area (Å²) in [5.41, 5.74) is 0.434. The van der Waals surface area contributed by atoms with Crippen molar-refractivity contribution >= 4 is 0 Å². The minimum Gasteiger partial charge on any atom is -0.103 e. The zero-order valence-corrected chi connectivity index (χ0v) is 11.9. The van der Waals surface area contributed by atoms with E-state index >= 15 is 0 Å². The molecule has 0 aromatic carbocycles. The van der Waals surface area contributed by atoms with E-state index in [0.29, 0.717) is 5.41 Å². The summed E-state index contributed by atoms with van der Waals surface area (Å²) >= 11 is 0. The average Bonchev–Trinajstić information content (AvgIpc) is 2.34. The Kier molecular flexibility index (Phi) is 9.77. The van der Waals surface area contributed by atoms with E-state index in [1.165, 1.54) is 64.2 Å². The van der Waals surface area contributed by atoms with E-state index in [2.05, 4.69) is 33.4 Å². The molecule has 0 aromatic rings. The van der Waals surface area contributed by atoms with Crippen molar-refractivity contribution in [2.75, 3.05) is 0 Å². The molecule has 0 fully saturated rings. The number of unbranched alkanes of at least 4 members (excludes halogenated alkanes) is 6. The maximum atomic E-state index is 4.01. The van der Waals surface area contributed by atoms with Crippen LogP contribution in [0.3, 0.4) is 0 Å². The van der Waals surface area contributed by atoms with Crippen molar-refractivity contribution in [2.45, 2.75) is 85.0 Å². The summed E-state index contributed by atoms with van der Waals surface area (Å²) in [4.78, 5) is 0. The third kappa shape index (κ3) is 6.35. The third-order valence-electron chi connectivity index (χ3n) is 4.12. The van der Waals surface area contributed by atoms with Gasteiger partial charge in [-0.15, -0.1) is 6.58 Å². The second-order valence-corrected chi connectivity index (χ2v) is 5.14. The molecule has 0 radical (unpaired) electrons. The molecule has 0 aliphatic rings. The highest BCUT2D eigenvalue weighted by Gasteiger charge is 2.20. The summed E-state index contributed by atoms with van der Waals surface area (Å²) in [6, 6.07) is 0. The van der Waals surface area contributed by atoms with E-state index in [-0.39, 0.29) is 0 Å². The van der Waals surface area contributed by atoms with Gasteiger partial charge in [0.15, 0.2) is 0 Å². The summed E-state index contributed by atoms with van der Waals surface area (Å²) in [5, 5.41) is 0. The van der Waals surface area contributed by atoms with E-state index in [9.17, 15) is 0 Å². The predicted molar refractivity (Wildman–Crippen MR) is 75.8 cm³/mol. The lowest BCUT2D eigenvalue weighted by Gasteiger charge is -2.27. The van der Waals surface area contributed by atoms with Crippen LogP contribution in [-0.4, -0.2) is 0 Å². The number of hydrogen-bond donors (Lipinski definition) is 0. The van der Waals surface area contributed by atoms with Crippen molar-refractivity contribution in [2.24, 2.45) is 5.41 Å². The van der Waals surface area contributed by atoms with Gasteiger partial charge in [-0.3, -0.25) is 0 Å². The molecule has 0 nitrogen and oxygen atoms in total. The average molecular weight is 224 g/mol. The van der Waals surface area contributed by atoms with Crippen LogP contribution in [0.25, 0.3) is 0 Å². The predicted octanol–water partition coefficient (Wildman–Crippen LogP) is 6.12. The zero-order valence-electron chi connectivity index (χ0n) is 11.9. The minimum atomic E-state index is 0.434. The van der Waals surface area contributed by atoms with Crippen LogP contribution in [0.15, 0.2) is 12.7 Å². The van der Waals surface area contributed by atoms with Crippen LogP contribution in [0.2, 0.25) is 0 Å². The Hall–Kier alpha value is -0.260. The molecular weight excluding hydrogens is 192 g/mol. The Bertz CT molecular complexity index is 153. The van der Waals surface area contributed by atoms with E-state index in [1.54, 1.807) is 0 Å². The lowest BCUT2D eigenvalue weighted by atomic mass is 9.78. The van der Waals surface area contributed by atoms with Crippen LogP contribution in [0.4, 0.5) is 0 Å². The molecule has 0 rings (SSSR count). The van der Waals surface area contributed by atoms with E-state index < -0.39 is 0 Å². The summed E-state index contributed by atoms with van der Waals surface area (Å²) in [7, 11) is 0. The molecule has 0 heterocycles. The smallest absolute Gasteiger partial charge is 0.0126 e. The van der Waals surface area contributed by atoms with Gasteiger partial charge in [0.25, 0.3) is 0 Å². The molecule has 0 atom stereocenters. The van der Waals surface area contributed by atoms with Crippen molar-refractivity contribution in [3.8, 4) is 0 Å². The van der Waals surface area contributed by atoms with E-state index in [1.807, 2.05) is 0 Å². The number of hydrogen-bond acceptors (Lipinski definition) is 0. The summed E-state index contributed by atoms with van der Waals surface area (Å²) < 4.78 is 0. The molecule has 0 spiro atoms. The fourth-order valence-electron chi connectivity index (χ4n) is 2.43. The summed E-state index contributed by atoms with van der Waals surface area (Å²) in [5.74, 6) is 0. The normalized spacial score (nSPS) is 11.7. The Morgan fingerprint density at radius 2 is 1.31 bits per heavy atom. The lowest BCUT2D eigenvalue weighted by Crippen LogP contribution is -2.14. The second-order valence-electron chi connectivity index (χ2n) is 5.14. The Labute approximate surface area is 104 Å². The third-order valence-corrected chi connectivity index (χ3v) is 4.12. The fraction of sp³-hybridized carbons (Fsp3) is 0.875. The van der Waals surface area contributed by atoms with Gasteiger partial charge in [-0.2, -0.15) is 0 Å². The standard InChI is InChI=1S/C16H32/c1-5-9-10-11-12-13-14-15-16(6-2,7-3)8-4/h6H,2,5,7-15H2,1,3-4H3. The van der Waals surface area contributed by atoms with Gasteiger partial charge in [-0.25, -0.2) is 0 Å². The van der Waals surface area contributed by atoms with E-state index in [4.69, 9.17) is 0 Å². The first-order chi connectivity index (χ1) is 7.74. The van der Waals surface area contributed by atoms with Gasteiger partial charge in [0.1, 0.15) is 0 Å². The first-order valence-electron chi connectivity index (χ1n) is 7.38. The first kappa shape index (κ1) is 15.7. The largest absolute Gasteiger partial charge is 0.103 e. The van der Waals surface area contributed by atoms with Gasteiger partial charge in [-0.05, 0) is 24.7 Å². The molecule has 0 amide bonds. The molecule has 0 heteroatoms. The van der Waals surface area contributed by atoms with Crippen molar-refractivity contribution in [1.29, 1.82) is 0 Å². The molecule has 0 saturated heterocycles. The molecular formula is C16H32. The van der Waals surface area contributed by atoms with Crippen LogP contribution >= 0.6 is 0 Å². The quantitative estimate of drug-likeness (QED) is 0.293. The van der Waals surface area contributed by atoms with Crippen molar-refractivity contribution in [3.05, 3.63) is 12.7 Å². The Morgan fingerprint density at radius 3 is 1.75 bits per heavy atom. The number of rotatable bonds is 11. The second kappa shape index (κ2) is 9.93. The summed E-state index contributed by atoms with van der Waals surface area (Å²) in [6.45, 7) is 10.9. The molecule has 0 aliphatic carbocycles. The maximum absolute atomic E-state index is 4.01. The highest BCUT2D eigenvalue weighted by atomic mass is 14.3. The first-order valence-corrected chi connectivity index (χ1v) is 7.38. The van der Waals surface area contributed by atoms with Crippen LogP contribution in [0.1, 0.15) is 85.0 Å². The topological polar surface area (TPSA) is 0 Å². The van der Waals surface area contributed by atoms with E-state index in [0.717, 1.165) is 0 Å². The van der Waals surface area contributed by atoms with Crippen molar-refractivity contribution in [1.82, 2.24) is 0 Å².